The summed E-state index contributed by atoms with van der Waals surface area (Å²) in [6.07, 6.45) is 3.34. The van der Waals surface area contributed by atoms with E-state index in [4.69, 9.17) is 9.31 Å². The number of carbonyl (C=O) groups is 1. The molecule has 0 unspecified atom stereocenters. The van der Waals surface area contributed by atoms with E-state index in [0.29, 0.717) is 11.3 Å². The Balaban J connectivity index is 2.11. The van der Waals surface area contributed by atoms with Gasteiger partial charge in [0.25, 0.3) is 0 Å². The van der Waals surface area contributed by atoms with Crippen molar-refractivity contribution in [3.8, 4) is 0 Å². The number of hydrogen-bond donors (Lipinski definition) is 0. The standard InChI is InChI=1S/C15H20BNO4/c1-14(2)15(3,4)21-16(20-14)8-6-12-10-11(7-9-17-12)13(18)19-5/h6-10H,1-5H3/b8-6+. The van der Waals surface area contributed by atoms with Crippen LogP contribution in [-0.2, 0) is 14.0 Å². The Labute approximate surface area is 125 Å². The van der Waals surface area contributed by atoms with Gasteiger partial charge in [0, 0.05) is 6.20 Å². The van der Waals surface area contributed by atoms with Gasteiger partial charge < -0.3 is 14.0 Å². The Kier molecular flexibility index (Phi) is 4.21. The van der Waals surface area contributed by atoms with E-state index in [9.17, 15) is 4.79 Å². The van der Waals surface area contributed by atoms with Gasteiger partial charge in [-0.3, -0.25) is 4.98 Å². The summed E-state index contributed by atoms with van der Waals surface area (Å²) in [4.78, 5) is 15.7. The second kappa shape index (κ2) is 5.62. The minimum atomic E-state index is -0.432. The fourth-order valence-corrected chi connectivity index (χ4v) is 1.93. The number of hydrogen-bond acceptors (Lipinski definition) is 5. The number of rotatable bonds is 3. The minimum absolute atomic E-state index is 0.372. The molecule has 1 aromatic rings. The Morgan fingerprint density at radius 3 is 2.48 bits per heavy atom. The Morgan fingerprint density at radius 2 is 1.90 bits per heavy atom. The van der Waals surface area contributed by atoms with Crippen LogP contribution in [0.25, 0.3) is 6.08 Å². The van der Waals surface area contributed by atoms with Crippen LogP contribution in [0.3, 0.4) is 0 Å². The largest absolute Gasteiger partial charge is 0.487 e. The third-order valence-electron chi connectivity index (χ3n) is 3.90. The molecule has 0 aliphatic carbocycles. The second-order valence-corrected chi connectivity index (χ2v) is 5.94. The first-order valence-electron chi connectivity index (χ1n) is 6.83. The molecule has 1 fully saturated rings. The SMILES string of the molecule is COC(=O)c1ccnc(/C=C/B2OC(C)(C)C(C)(C)O2)c1. The van der Waals surface area contributed by atoms with E-state index in [1.165, 1.54) is 7.11 Å². The number of pyridine rings is 1. The summed E-state index contributed by atoms with van der Waals surface area (Å²) in [6, 6.07) is 3.27. The summed E-state index contributed by atoms with van der Waals surface area (Å²) in [7, 11) is 0.918. The highest BCUT2D eigenvalue weighted by Gasteiger charge is 2.49. The average Bonchev–Trinajstić information content (AvgIpc) is 2.64. The molecule has 0 N–H and O–H groups in total. The molecule has 0 radical (unpaired) electrons. The first-order valence-corrected chi connectivity index (χ1v) is 6.83. The number of carbonyl (C=O) groups excluding carboxylic acids is 1. The Morgan fingerprint density at radius 1 is 1.29 bits per heavy atom. The summed E-state index contributed by atoms with van der Waals surface area (Å²) < 4.78 is 16.4. The molecule has 5 nitrogen and oxygen atoms in total. The van der Waals surface area contributed by atoms with Crippen LogP contribution in [0.5, 0.6) is 0 Å². The van der Waals surface area contributed by atoms with Gasteiger partial charge in [-0.1, -0.05) is 5.98 Å². The van der Waals surface area contributed by atoms with Crippen molar-refractivity contribution < 1.29 is 18.8 Å². The van der Waals surface area contributed by atoms with E-state index >= 15 is 0 Å². The third kappa shape index (κ3) is 3.33. The summed E-state index contributed by atoms with van der Waals surface area (Å²) in [6.45, 7) is 7.99. The van der Waals surface area contributed by atoms with Gasteiger partial charge >= 0.3 is 13.1 Å². The number of methoxy groups -OCH3 is 1. The number of aromatic nitrogens is 1. The molecule has 1 aliphatic heterocycles. The smallest absolute Gasteiger partial charge is 0.465 e. The Hall–Kier alpha value is -1.66. The van der Waals surface area contributed by atoms with E-state index in [0.717, 1.165) is 0 Å². The molecule has 2 rings (SSSR count). The van der Waals surface area contributed by atoms with E-state index in [2.05, 4.69) is 9.72 Å². The van der Waals surface area contributed by atoms with Crippen LogP contribution in [0.15, 0.2) is 24.3 Å². The molecule has 1 aliphatic rings. The molecule has 0 spiro atoms. The number of ether oxygens (including phenoxy) is 1. The van der Waals surface area contributed by atoms with Crippen molar-refractivity contribution in [2.24, 2.45) is 0 Å². The Bertz CT molecular complexity index is 553. The topological polar surface area (TPSA) is 57.7 Å². The van der Waals surface area contributed by atoms with Crippen molar-refractivity contribution >= 4 is 19.2 Å². The van der Waals surface area contributed by atoms with Crippen molar-refractivity contribution in [2.75, 3.05) is 7.11 Å². The molecule has 112 valence electrons. The van der Waals surface area contributed by atoms with Crippen molar-refractivity contribution in [3.63, 3.8) is 0 Å². The summed E-state index contributed by atoms with van der Waals surface area (Å²) >= 11 is 0. The van der Waals surface area contributed by atoms with Gasteiger partial charge in [-0.15, -0.1) is 0 Å². The number of nitrogens with zero attached hydrogens (tertiary/aromatic N) is 1. The highest BCUT2D eigenvalue weighted by Crippen LogP contribution is 2.36. The van der Waals surface area contributed by atoms with Gasteiger partial charge in [0.05, 0.1) is 29.6 Å². The van der Waals surface area contributed by atoms with E-state index in [1.54, 1.807) is 30.4 Å². The third-order valence-corrected chi connectivity index (χ3v) is 3.90. The maximum atomic E-state index is 11.5. The van der Waals surface area contributed by atoms with Gasteiger partial charge in [-0.25, -0.2) is 4.79 Å². The maximum Gasteiger partial charge on any atom is 0.487 e. The molecule has 2 heterocycles. The molecule has 1 saturated heterocycles. The average molecular weight is 289 g/mol. The zero-order valence-electron chi connectivity index (χ0n) is 13.0. The predicted octanol–water partition coefficient (Wildman–Crippen LogP) is 2.51. The zero-order chi connectivity index (χ0) is 15.7. The van der Waals surface area contributed by atoms with Crippen LogP contribution in [0.1, 0.15) is 43.7 Å². The highest BCUT2D eigenvalue weighted by molar-refractivity contribution is 6.52. The second-order valence-electron chi connectivity index (χ2n) is 5.94. The predicted molar refractivity (Wildman–Crippen MR) is 80.7 cm³/mol. The molecule has 0 bridgehead atoms. The summed E-state index contributed by atoms with van der Waals surface area (Å²) in [5, 5.41) is 0. The van der Waals surface area contributed by atoms with Crippen LogP contribution >= 0.6 is 0 Å². The lowest BCUT2D eigenvalue weighted by Gasteiger charge is -2.32. The minimum Gasteiger partial charge on any atom is -0.465 e. The van der Waals surface area contributed by atoms with Gasteiger partial charge in [0.2, 0.25) is 0 Å². The van der Waals surface area contributed by atoms with Crippen molar-refractivity contribution in [1.29, 1.82) is 0 Å². The number of esters is 1. The van der Waals surface area contributed by atoms with Gasteiger partial charge in [0.1, 0.15) is 0 Å². The zero-order valence-corrected chi connectivity index (χ0v) is 13.0. The van der Waals surface area contributed by atoms with Crippen LogP contribution in [0, 0.1) is 0 Å². The monoisotopic (exact) mass is 289 g/mol. The van der Waals surface area contributed by atoms with Crippen LogP contribution in [-0.4, -0.2) is 36.4 Å². The van der Waals surface area contributed by atoms with Crippen LogP contribution in [0.2, 0.25) is 0 Å². The molecule has 0 aromatic carbocycles. The molecule has 6 heteroatoms. The summed E-state index contributed by atoms with van der Waals surface area (Å²) in [5.41, 5.74) is 0.362. The quantitative estimate of drug-likeness (QED) is 0.632. The summed E-state index contributed by atoms with van der Waals surface area (Å²) in [5.74, 6) is 1.41. The molecule has 21 heavy (non-hydrogen) atoms. The molecule has 1 aromatic heterocycles. The highest BCUT2D eigenvalue weighted by atomic mass is 16.7. The lowest BCUT2D eigenvalue weighted by molar-refractivity contribution is 0.00578. The normalized spacial score (nSPS) is 20.0. The molecule has 0 saturated carbocycles. The molecule has 0 atom stereocenters. The van der Waals surface area contributed by atoms with E-state index in [-0.39, 0.29) is 17.2 Å². The van der Waals surface area contributed by atoms with Crippen LogP contribution < -0.4 is 0 Å². The molecular weight excluding hydrogens is 269 g/mol. The molecule has 0 amide bonds. The van der Waals surface area contributed by atoms with Gasteiger partial charge in [-0.05, 0) is 45.9 Å². The first-order chi connectivity index (χ1) is 9.75. The van der Waals surface area contributed by atoms with Crippen molar-refractivity contribution in [1.82, 2.24) is 4.98 Å². The van der Waals surface area contributed by atoms with Crippen LogP contribution in [0.4, 0.5) is 0 Å². The van der Waals surface area contributed by atoms with Gasteiger partial charge in [-0.2, -0.15) is 0 Å². The lowest BCUT2D eigenvalue weighted by atomic mass is 9.89. The molecular formula is C15H20BNO4. The lowest BCUT2D eigenvalue weighted by Crippen LogP contribution is -2.41. The van der Waals surface area contributed by atoms with Crippen molar-refractivity contribution in [2.45, 2.75) is 38.9 Å². The fraction of sp³-hybridized carbons (Fsp3) is 0.467. The fourth-order valence-electron chi connectivity index (χ4n) is 1.93. The van der Waals surface area contributed by atoms with E-state index in [1.807, 2.05) is 27.7 Å². The van der Waals surface area contributed by atoms with Gasteiger partial charge in [0.15, 0.2) is 0 Å². The first kappa shape index (κ1) is 15.7. The maximum absolute atomic E-state index is 11.5. The van der Waals surface area contributed by atoms with Crippen molar-refractivity contribution in [3.05, 3.63) is 35.6 Å². The van der Waals surface area contributed by atoms with E-state index < -0.39 is 7.12 Å².